The molecule has 0 atom stereocenters. The Labute approximate surface area is 111 Å². The van der Waals surface area contributed by atoms with Gasteiger partial charge in [-0.15, -0.1) is 11.3 Å². The Kier molecular flexibility index (Phi) is 3.71. The summed E-state index contributed by atoms with van der Waals surface area (Å²) < 4.78 is 0. The maximum atomic E-state index is 12.3. The van der Waals surface area contributed by atoms with E-state index >= 15 is 0 Å². The van der Waals surface area contributed by atoms with Gasteiger partial charge in [-0.1, -0.05) is 0 Å². The standard InChI is InChI=1S/C13H18N2O2S/c1-8-9(2)18-7-11(8)13(17)15-5-3-10(4-6-15)12(14)16/h7,10H,3-6H2,1-2H3,(H2,14,16). The summed E-state index contributed by atoms with van der Waals surface area (Å²) >= 11 is 1.61. The van der Waals surface area contributed by atoms with Gasteiger partial charge in [-0.3, -0.25) is 9.59 Å². The summed E-state index contributed by atoms with van der Waals surface area (Å²) in [5.74, 6) is -0.233. The number of carbonyl (C=O) groups excluding carboxylic acids is 2. The Morgan fingerprint density at radius 1 is 1.33 bits per heavy atom. The van der Waals surface area contributed by atoms with Gasteiger partial charge < -0.3 is 10.6 Å². The summed E-state index contributed by atoms with van der Waals surface area (Å²) in [4.78, 5) is 26.4. The van der Waals surface area contributed by atoms with Crippen molar-refractivity contribution >= 4 is 23.2 Å². The van der Waals surface area contributed by atoms with E-state index < -0.39 is 0 Å². The minimum absolute atomic E-state index is 0.0700. The van der Waals surface area contributed by atoms with Gasteiger partial charge in [0.15, 0.2) is 0 Å². The lowest BCUT2D eigenvalue weighted by Gasteiger charge is -2.30. The van der Waals surface area contributed by atoms with E-state index in [0.717, 1.165) is 11.1 Å². The van der Waals surface area contributed by atoms with Crippen LogP contribution >= 0.6 is 11.3 Å². The molecule has 0 radical (unpaired) electrons. The molecular weight excluding hydrogens is 248 g/mol. The molecule has 0 spiro atoms. The Morgan fingerprint density at radius 2 is 1.94 bits per heavy atom. The molecule has 1 aliphatic heterocycles. The van der Waals surface area contributed by atoms with E-state index in [2.05, 4.69) is 0 Å². The van der Waals surface area contributed by atoms with Gasteiger partial charge >= 0.3 is 0 Å². The second-order valence-electron chi connectivity index (χ2n) is 4.80. The highest BCUT2D eigenvalue weighted by atomic mass is 32.1. The molecule has 1 aromatic rings. The average Bonchev–Trinajstić information content (AvgIpc) is 2.69. The number of primary amides is 1. The molecule has 1 aliphatic rings. The second kappa shape index (κ2) is 5.10. The summed E-state index contributed by atoms with van der Waals surface area (Å²) in [5.41, 5.74) is 7.16. The van der Waals surface area contributed by atoms with Crippen molar-refractivity contribution in [1.29, 1.82) is 0 Å². The minimum Gasteiger partial charge on any atom is -0.369 e. The van der Waals surface area contributed by atoms with Crippen LogP contribution in [0.2, 0.25) is 0 Å². The molecule has 0 aliphatic carbocycles. The Bertz CT molecular complexity index is 473. The molecule has 1 fully saturated rings. The second-order valence-corrected chi connectivity index (χ2v) is 5.88. The molecule has 0 saturated carbocycles. The van der Waals surface area contributed by atoms with Crippen LogP contribution < -0.4 is 5.73 Å². The molecule has 4 nitrogen and oxygen atoms in total. The van der Waals surface area contributed by atoms with Gasteiger partial charge in [0.1, 0.15) is 0 Å². The van der Waals surface area contributed by atoms with Crippen LogP contribution in [-0.4, -0.2) is 29.8 Å². The highest BCUT2D eigenvalue weighted by molar-refractivity contribution is 7.10. The number of nitrogens with two attached hydrogens (primary N) is 1. The van der Waals surface area contributed by atoms with Crippen molar-refractivity contribution < 1.29 is 9.59 Å². The number of aryl methyl sites for hydroxylation is 1. The van der Waals surface area contributed by atoms with E-state index in [9.17, 15) is 9.59 Å². The first-order valence-corrected chi connectivity index (χ1v) is 7.02. The molecule has 1 saturated heterocycles. The largest absolute Gasteiger partial charge is 0.369 e. The maximum absolute atomic E-state index is 12.3. The maximum Gasteiger partial charge on any atom is 0.254 e. The fraction of sp³-hybridized carbons (Fsp3) is 0.538. The number of rotatable bonds is 2. The van der Waals surface area contributed by atoms with Gasteiger partial charge in [0.2, 0.25) is 5.91 Å². The van der Waals surface area contributed by atoms with Crippen molar-refractivity contribution in [1.82, 2.24) is 4.90 Å². The molecule has 0 aromatic carbocycles. The van der Waals surface area contributed by atoms with Crippen molar-refractivity contribution in [2.24, 2.45) is 11.7 Å². The van der Waals surface area contributed by atoms with Crippen LogP contribution in [-0.2, 0) is 4.79 Å². The third-order valence-electron chi connectivity index (χ3n) is 3.70. The predicted molar refractivity (Wildman–Crippen MR) is 71.6 cm³/mol. The summed E-state index contributed by atoms with van der Waals surface area (Å²) in [6.07, 6.45) is 1.37. The summed E-state index contributed by atoms with van der Waals surface area (Å²) in [7, 11) is 0. The van der Waals surface area contributed by atoms with E-state index in [1.165, 1.54) is 4.88 Å². The lowest BCUT2D eigenvalue weighted by Crippen LogP contribution is -2.41. The monoisotopic (exact) mass is 266 g/mol. The van der Waals surface area contributed by atoms with Crippen LogP contribution in [0.4, 0.5) is 0 Å². The Balaban J connectivity index is 2.04. The zero-order valence-corrected chi connectivity index (χ0v) is 11.5. The minimum atomic E-state index is -0.246. The number of likely N-dealkylation sites (tertiary alicyclic amines) is 1. The third kappa shape index (κ3) is 2.41. The fourth-order valence-electron chi connectivity index (χ4n) is 2.26. The van der Waals surface area contributed by atoms with Crippen LogP contribution in [0.25, 0.3) is 0 Å². The molecule has 2 N–H and O–H groups in total. The molecule has 18 heavy (non-hydrogen) atoms. The molecule has 0 unspecified atom stereocenters. The van der Waals surface area contributed by atoms with Crippen molar-refractivity contribution in [2.75, 3.05) is 13.1 Å². The number of hydrogen-bond acceptors (Lipinski definition) is 3. The SMILES string of the molecule is Cc1scc(C(=O)N2CCC(C(N)=O)CC2)c1C. The summed E-state index contributed by atoms with van der Waals surface area (Å²) in [5, 5.41) is 1.92. The van der Waals surface area contributed by atoms with E-state index in [1.807, 2.05) is 24.1 Å². The molecule has 5 heteroatoms. The van der Waals surface area contributed by atoms with Crippen molar-refractivity contribution in [2.45, 2.75) is 26.7 Å². The number of carbonyl (C=O) groups is 2. The van der Waals surface area contributed by atoms with Gasteiger partial charge in [0.25, 0.3) is 5.91 Å². The number of piperidine rings is 1. The third-order valence-corrected chi connectivity index (χ3v) is 4.71. The van der Waals surface area contributed by atoms with Crippen LogP contribution in [0.5, 0.6) is 0 Å². The summed E-state index contributed by atoms with van der Waals surface area (Å²) in [6.45, 7) is 5.26. The highest BCUT2D eigenvalue weighted by Crippen LogP contribution is 2.24. The average molecular weight is 266 g/mol. The van der Waals surface area contributed by atoms with Gasteiger partial charge in [0.05, 0.1) is 5.56 Å². The first-order chi connectivity index (χ1) is 8.50. The molecule has 2 rings (SSSR count). The normalized spacial score (nSPS) is 16.9. The van der Waals surface area contributed by atoms with Crippen LogP contribution in [0.1, 0.15) is 33.6 Å². The van der Waals surface area contributed by atoms with E-state index in [0.29, 0.717) is 25.9 Å². The fourth-order valence-corrected chi connectivity index (χ4v) is 3.12. The van der Waals surface area contributed by atoms with E-state index in [1.54, 1.807) is 11.3 Å². The van der Waals surface area contributed by atoms with Gasteiger partial charge in [0, 0.05) is 29.3 Å². The molecule has 1 aromatic heterocycles. The molecule has 98 valence electrons. The zero-order valence-electron chi connectivity index (χ0n) is 10.7. The van der Waals surface area contributed by atoms with Gasteiger partial charge in [-0.2, -0.15) is 0 Å². The molecule has 2 amide bonds. The van der Waals surface area contributed by atoms with Gasteiger partial charge in [-0.25, -0.2) is 0 Å². The van der Waals surface area contributed by atoms with Crippen LogP contribution in [0.3, 0.4) is 0 Å². The van der Waals surface area contributed by atoms with Crippen LogP contribution in [0.15, 0.2) is 5.38 Å². The number of nitrogens with zero attached hydrogens (tertiary/aromatic N) is 1. The summed E-state index contributed by atoms with van der Waals surface area (Å²) in [6, 6.07) is 0. The van der Waals surface area contributed by atoms with Crippen molar-refractivity contribution in [3.05, 3.63) is 21.4 Å². The predicted octanol–water partition coefficient (Wildman–Crippen LogP) is 1.70. The molecule has 2 heterocycles. The first-order valence-electron chi connectivity index (χ1n) is 6.14. The highest BCUT2D eigenvalue weighted by Gasteiger charge is 2.27. The van der Waals surface area contributed by atoms with E-state index in [4.69, 9.17) is 5.73 Å². The first kappa shape index (κ1) is 13.1. The Hall–Kier alpha value is -1.36. The van der Waals surface area contributed by atoms with Crippen molar-refractivity contribution in [3.8, 4) is 0 Å². The lowest BCUT2D eigenvalue weighted by atomic mass is 9.96. The zero-order chi connectivity index (χ0) is 13.3. The number of thiophene rings is 1. The molecular formula is C13H18N2O2S. The number of hydrogen-bond donors (Lipinski definition) is 1. The smallest absolute Gasteiger partial charge is 0.254 e. The topological polar surface area (TPSA) is 63.4 Å². The quantitative estimate of drug-likeness (QED) is 0.885. The van der Waals surface area contributed by atoms with E-state index in [-0.39, 0.29) is 17.7 Å². The lowest BCUT2D eigenvalue weighted by molar-refractivity contribution is -0.123. The van der Waals surface area contributed by atoms with Crippen molar-refractivity contribution in [3.63, 3.8) is 0 Å². The van der Waals surface area contributed by atoms with Crippen LogP contribution in [0, 0.1) is 19.8 Å². The number of amides is 2. The Morgan fingerprint density at radius 3 is 2.39 bits per heavy atom. The molecule has 0 bridgehead atoms. The van der Waals surface area contributed by atoms with Gasteiger partial charge in [-0.05, 0) is 32.3 Å².